The second-order valence-electron chi connectivity index (χ2n) is 9.12. The normalized spacial score (nSPS) is 27.9. The van der Waals surface area contributed by atoms with E-state index in [1.807, 2.05) is 18.2 Å². The van der Waals surface area contributed by atoms with Crippen LogP contribution in [0.1, 0.15) is 43.7 Å². The highest BCUT2D eigenvalue weighted by molar-refractivity contribution is 7.99. The van der Waals surface area contributed by atoms with Gasteiger partial charge in [-0.1, -0.05) is 41.6 Å². The highest BCUT2D eigenvalue weighted by Crippen LogP contribution is 2.45. The maximum atomic E-state index is 10.6. The third-order valence-electron chi connectivity index (χ3n) is 6.78. The van der Waals surface area contributed by atoms with Crippen molar-refractivity contribution in [2.24, 2.45) is 5.92 Å². The van der Waals surface area contributed by atoms with E-state index in [4.69, 9.17) is 21.3 Å². The number of hydrogen-bond donors (Lipinski definition) is 4. The fraction of sp³-hybridized carbons (Fsp3) is 0.565. The highest BCUT2D eigenvalue weighted by atomic mass is 35.5. The lowest BCUT2D eigenvalue weighted by Crippen LogP contribution is -2.30. The first-order chi connectivity index (χ1) is 16.9. The number of aromatic nitrogens is 5. The Balaban J connectivity index is 1.44. The third-order valence-corrected chi connectivity index (χ3v) is 8.12. The molecule has 12 heteroatoms. The molecular weight excluding hydrogens is 492 g/mol. The molecular formula is C23H29ClN6O4S. The molecule has 188 valence electrons. The Morgan fingerprint density at radius 3 is 2.74 bits per heavy atom. The van der Waals surface area contributed by atoms with Gasteiger partial charge in [0.05, 0.1) is 24.3 Å². The quantitative estimate of drug-likeness (QED) is 0.246. The Labute approximate surface area is 212 Å². The van der Waals surface area contributed by atoms with Crippen LogP contribution in [-0.4, -0.2) is 78.0 Å². The molecule has 0 bridgehead atoms. The number of thioether (sulfide) groups is 1. The van der Waals surface area contributed by atoms with Gasteiger partial charge in [0.25, 0.3) is 0 Å². The smallest absolute Gasteiger partial charge is 0.191 e. The first-order valence-corrected chi connectivity index (χ1v) is 13.1. The Bertz CT molecular complexity index is 1210. The van der Waals surface area contributed by atoms with Gasteiger partial charge in [-0.3, -0.25) is 0 Å². The van der Waals surface area contributed by atoms with Crippen LogP contribution in [0.15, 0.2) is 23.4 Å². The van der Waals surface area contributed by atoms with Crippen molar-refractivity contribution in [2.75, 3.05) is 24.8 Å². The summed E-state index contributed by atoms with van der Waals surface area (Å²) in [4.78, 5) is 9.41. The van der Waals surface area contributed by atoms with Crippen molar-refractivity contribution in [1.29, 1.82) is 0 Å². The summed E-state index contributed by atoms with van der Waals surface area (Å²) >= 11 is 7.87. The number of methoxy groups -OCH3 is 1. The van der Waals surface area contributed by atoms with Crippen molar-refractivity contribution in [3.8, 4) is 5.75 Å². The number of rotatable bonds is 9. The number of nitrogens with zero attached hydrogens (tertiary/aromatic N) is 5. The monoisotopic (exact) mass is 520 g/mol. The molecule has 2 unspecified atom stereocenters. The molecule has 0 radical (unpaired) electrons. The van der Waals surface area contributed by atoms with Crippen LogP contribution >= 0.6 is 23.4 Å². The number of aliphatic hydroxyl groups is 3. The van der Waals surface area contributed by atoms with Crippen molar-refractivity contribution < 1.29 is 20.1 Å². The summed E-state index contributed by atoms with van der Waals surface area (Å²) in [5.74, 6) is 1.96. The topological polar surface area (TPSA) is 138 Å². The number of benzene rings is 1. The van der Waals surface area contributed by atoms with E-state index >= 15 is 0 Å². The van der Waals surface area contributed by atoms with Crippen molar-refractivity contribution in [1.82, 2.24) is 25.0 Å². The van der Waals surface area contributed by atoms with Crippen LogP contribution < -0.4 is 10.1 Å². The van der Waals surface area contributed by atoms with Crippen LogP contribution in [0.4, 0.5) is 5.82 Å². The number of halogens is 1. The zero-order valence-electron chi connectivity index (χ0n) is 19.5. The van der Waals surface area contributed by atoms with E-state index in [1.165, 1.54) is 0 Å². The van der Waals surface area contributed by atoms with Gasteiger partial charge < -0.3 is 25.4 Å². The van der Waals surface area contributed by atoms with Crippen LogP contribution in [-0.2, 0) is 0 Å². The van der Waals surface area contributed by atoms with Gasteiger partial charge in [0.15, 0.2) is 22.1 Å². The maximum Gasteiger partial charge on any atom is 0.191 e. The molecule has 5 rings (SSSR count). The van der Waals surface area contributed by atoms with Gasteiger partial charge in [-0.2, -0.15) is 0 Å². The number of nitrogens with one attached hydrogen (secondary N) is 1. The van der Waals surface area contributed by atoms with Crippen molar-refractivity contribution in [3.63, 3.8) is 0 Å². The molecule has 0 amide bonds. The molecule has 0 aliphatic heterocycles. The predicted octanol–water partition coefficient (Wildman–Crippen LogP) is 2.63. The van der Waals surface area contributed by atoms with Crippen LogP contribution in [0, 0.1) is 5.92 Å². The molecule has 0 saturated heterocycles. The molecule has 1 aromatic carbocycles. The molecule has 35 heavy (non-hydrogen) atoms. The number of aliphatic hydroxyl groups excluding tert-OH is 3. The number of ether oxygens (including phenoxy) is 1. The fourth-order valence-corrected chi connectivity index (χ4v) is 5.69. The minimum atomic E-state index is -1.07. The number of fused-ring (bicyclic) bond motifs is 1. The molecule has 4 N–H and O–H groups in total. The largest absolute Gasteiger partial charge is 0.495 e. The minimum absolute atomic E-state index is 0.157. The summed E-state index contributed by atoms with van der Waals surface area (Å²) in [6.45, 7) is 1.88. The molecule has 2 fully saturated rings. The molecule has 2 aliphatic carbocycles. The lowest BCUT2D eigenvalue weighted by Gasteiger charge is -2.17. The van der Waals surface area contributed by atoms with Gasteiger partial charge in [-0.15, -0.1) is 5.10 Å². The molecule has 10 nitrogen and oxygen atoms in total. The molecule has 2 aliphatic rings. The van der Waals surface area contributed by atoms with Crippen molar-refractivity contribution in [3.05, 3.63) is 28.8 Å². The minimum Gasteiger partial charge on any atom is -0.495 e. The second kappa shape index (κ2) is 10.1. The summed E-state index contributed by atoms with van der Waals surface area (Å²) in [5, 5.41) is 43.8. The van der Waals surface area contributed by atoms with E-state index in [9.17, 15) is 15.3 Å². The van der Waals surface area contributed by atoms with E-state index < -0.39 is 24.2 Å². The SMILES string of the molecule is CCCSc1nc(NC2CC2c2ccc(OC)c(Cl)c2)c2nnn([C@@H]3C[C@H](CO)[C@@H](O)[C@H]3O)c2n1. The van der Waals surface area contributed by atoms with Crippen molar-refractivity contribution in [2.45, 2.75) is 61.6 Å². The lowest BCUT2D eigenvalue weighted by molar-refractivity contribution is -0.00512. The number of hydrogen-bond acceptors (Lipinski definition) is 10. The van der Waals surface area contributed by atoms with E-state index in [1.54, 1.807) is 23.6 Å². The second-order valence-corrected chi connectivity index (χ2v) is 10.6. The standard InChI is InChI=1S/C23H29ClN6O4S/c1-3-6-35-23-26-21(25-15-9-13(15)11-4-5-17(34-2)14(24)7-11)18-22(27-23)30(29-28-18)16-8-12(10-31)19(32)20(16)33/h4-5,7,12-13,15-16,19-20,31-33H,3,6,8-10H2,1-2H3,(H,25,26,27)/t12-,13?,15?,16-,19-,20+/m1/s1. The third kappa shape index (κ3) is 4.67. The maximum absolute atomic E-state index is 10.6. The van der Waals surface area contributed by atoms with Crippen LogP contribution in [0.25, 0.3) is 11.2 Å². The van der Waals surface area contributed by atoms with Gasteiger partial charge in [0.2, 0.25) is 0 Å². The molecule has 6 atom stereocenters. The van der Waals surface area contributed by atoms with Crippen LogP contribution in [0.5, 0.6) is 5.75 Å². The van der Waals surface area contributed by atoms with Gasteiger partial charge in [-0.25, -0.2) is 14.6 Å². The lowest BCUT2D eigenvalue weighted by atomic mass is 10.1. The average molecular weight is 521 g/mol. The summed E-state index contributed by atoms with van der Waals surface area (Å²) in [6, 6.07) is 5.46. The Morgan fingerprint density at radius 1 is 1.23 bits per heavy atom. The Hall–Kier alpha value is -2.18. The Kier molecular flexibility index (Phi) is 7.04. The van der Waals surface area contributed by atoms with E-state index in [0.29, 0.717) is 39.3 Å². The zero-order valence-corrected chi connectivity index (χ0v) is 21.1. The summed E-state index contributed by atoms with van der Waals surface area (Å²) < 4.78 is 6.82. The first kappa shape index (κ1) is 24.5. The molecule has 3 aromatic rings. The van der Waals surface area contributed by atoms with E-state index in [0.717, 1.165) is 24.2 Å². The van der Waals surface area contributed by atoms with Crippen LogP contribution in [0.2, 0.25) is 5.02 Å². The zero-order chi connectivity index (χ0) is 24.7. The van der Waals surface area contributed by atoms with E-state index in [-0.39, 0.29) is 18.6 Å². The predicted molar refractivity (Wildman–Crippen MR) is 133 cm³/mol. The highest BCUT2D eigenvalue weighted by Gasteiger charge is 2.44. The summed E-state index contributed by atoms with van der Waals surface area (Å²) in [6.07, 6.45) is 0.181. The van der Waals surface area contributed by atoms with Gasteiger partial charge in [-0.05, 0) is 37.0 Å². The number of anilines is 1. The molecule has 2 aromatic heterocycles. The molecule has 2 saturated carbocycles. The van der Waals surface area contributed by atoms with Gasteiger partial charge >= 0.3 is 0 Å². The Morgan fingerprint density at radius 2 is 2.06 bits per heavy atom. The van der Waals surface area contributed by atoms with Crippen molar-refractivity contribution >= 4 is 40.3 Å². The fourth-order valence-electron chi connectivity index (χ4n) is 4.73. The first-order valence-electron chi connectivity index (χ1n) is 11.8. The molecule has 2 heterocycles. The summed E-state index contributed by atoms with van der Waals surface area (Å²) in [5.41, 5.74) is 2.14. The van der Waals surface area contributed by atoms with Crippen LogP contribution in [0.3, 0.4) is 0 Å². The molecule has 0 spiro atoms. The average Bonchev–Trinajstić information content (AvgIpc) is 3.40. The van der Waals surface area contributed by atoms with Gasteiger partial charge in [0.1, 0.15) is 11.9 Å². The summed E-state index contributed by atoms with van der Waals surface area (Å²) in [7, 11) is 1.60. The van der Waals surface area contributed by atoms with Gasteiger partial charge in [0, 0.05) is 30.2 Å². The van der Waals surface area contributed by atoms with E-state index in [2.05, 4.69) is 27.5 Å².